The summed E-state index contributed by atoms with van der Waals surface area (Å²) in [4.78, 5) is 2.71. The topological polar surface area (TPSA) is 3.24 Å². The highest BCUT2D eigenvalue weighted by Gasteiger charge is 2.27. The second-order valence-electron chi connectivity index (χ2n) is 9.21. The molecule has 0 spiro atoms. The van der Waals surface area contributed by atoms with E-state index in [1.807, 2.05) is 0 Å². The van der Waals surface area contributed by atoms with Gasteiger partial charge in [0.05, 0.1) is 0 Å². The van der Waals surface area contributed by atoms with Crippen LogP contribution >= 0.6 is 0 Å². The lowest BCUT2D eigenvalue weighted by Gasteiger charge is -2.36. The molecular weight excluding hydrogens is 294 g/mol. The highest BCUT2D eigenvalue weighted by molar-refractivity contribution is 6.77. The molecule has 0 N–H and O–H groups in total. The van der Waals surface area contributed by atoms with Crippen molar-refractivity contribution in [1.29, 1.82) is 0 Å². The van der Waals surface area contributed by atoms with Gasteiger partial charge in [-0.05, 0) is 60.5 Å². The maximum Gasteiger partial charge on any atom is 0.0498 e. The van der Waals surface area contributed by atoms with E-state index in [-0.39, 0.29) is 0 Å². The van der Waals surface area contributed by atoms with Crippen LogP contribution in [0.2, 0.25) is 25.2 Å². The molecule has 1 aromatic carbocycles. The molecule has 1 aliphatic rings. The van der Waals surface area contributed by atoms with Crippen LogP contribution < -0.4 is 0 Å². The number of hydrogen-bond acceptors (Lipinski definition) is 1. The van der Waals surface area contributed by atoms with Crippen LogP contribution in [0.15, 0.2) is 24.3 Å². The molecule has 130 valence electrons. The quantitative estimate of drug-likeness (QED) is 0.615. The summed E-state index contributed by atoms with van der Waals surface area (Å²) in [5, 5.41) is 0. The van der Waals surface area contributed by atoms with E-state index in [2.05, 4.69) is 70.0 Å². The summed E-state index contributed by atoms with van der Waals surface area (Å²) >= 11 is 0. The molecule has 1 saturated heterocycles. The van der Waals surface area contributed by atoms with Gasteiger partial charge in [0.1, 0.15) is 0 Å². The van der Waals surface area contributed by atoms with Gasteiger partial charge in [0, 0.05) is 14.6 Å². The van der Waals surface area contributed by atoms with E-state index in [9.17, 15) is 0 Å². The first-order valence-corrected chi connectivity index (χ1v) is 12.9. The SMILES string of the molecule is CCC(C)(C)c1ccc(CC(C)CN2CC[Si](C)(C)CC2)cc1. The Morgan fingerprint density at radius 2 is 1.65 bits per heavy atom. The average molecular weight is 332 g/mol. The van der Waals surface area contributed by atoms with Crippen molar-refractivity contribution in [2.45, 2.75) is 71.1 Å². The molecule has 1 aliphatic heterocycles. The Morgan fingerprint density at radius 1 is 1.09 bits per heavy atom. The maximum atomic E-state index is 2.71. The fourth-order valence-corrected chi connectivity index (χ4v) is 5.64. The lowest BCUT2D eigenvalue weighted by molar-refractivity contribution is 0.249. The lowest BCUT2D eigenvalue weighted by Crippen LogP contribution is -2.44. The Labute approximate surface area is 145 Å². The van der Waals surface area contributed by atoms with Crippen molar-refractivity contribution in [3.8, 4) is 0 Å². The fraction of sp³-hybridized carbons (Fsp3) is 0.714. The van der Waals surface area contributed by atoms with Crippen LogP contribution in [0.4, 0.5) is 0 Å². The van der Waals surface area contributed by atoms with Crippen LogP contribution in [-0.4, -0.2) is 32.6 Å². The third kappa shape index (κ3) is 5.46. The van der Waals surface area contributed by atoms with E-state index in [1.165, 1.54) is 55.7 Å². The molecule has 1 unspecified atom stereocenters. The van der Waals surface area contributed by atoms with Crippen LogP contribution in [0.1, 0.15) is 45.2 Å². The summed E-state index contributed by atoms with van der Waals surface area (Å²) in [5.74, 6) is 0.753. The number of rotatable bonds is 6. The predicted molar refractivity (Wildman–Crippen MR) is 106 cm³/mol. The van der Waals surface area contributed by atoms with E-state index in [0.717, 1.165) is 5.92 Å². The van der Waals surface area contributed by atoms with Gasteiger partial charge in [-0.1, -0.05) is 65.1 Å². The Balaban J connectivity index is 1.85. The second kappa shape index (κ2) is 7.52. The Kier molecular flexibility index (Phi) is 6.13. The Bertz CT molecular complexity index is 479. The molecule has 0 amide bonds. The van der Waals surface area contributed by atoms with Gasteiger partial charge in [-0.15, -0.1) is 0 Å². The van der Waals surface area contributed by atoms with Crippen molar-refractivity contribution in [2.75, 3.05) is 19.6 Å². The highest BCUT2D eigenvalue weighted by atomic mass is 28.3. The van der Waals surface area contributed by atoms with Gasteiger partial charge < -0.3 is 4.90 Å². The molecule has 1 nitrogen and oxygen atoms in total. The number of nitrogens with zero attached hydrogens (tertiary/aromatic N) is 1. The molecule has 1 heterocycles. The summed E-state index contributed by atoms with van der Waals surface area (Å²) in [6, 6.07) is 12.4. The summed E-state index contributed by atoms with van der Waals surface area (Å²) in [6.07, 6.45) is 2.40. The van der Waals surface area contributed by atoms with Crippen LogP contribution in [0.3, 0.4) is 0 Å². The van der Waals surface area contributed by atoms with Gasteiger partial charge in [-0.25, -0.2) is 0 Å². The van der Waals surface area contributed by atoms with Crippen molar-refractivity contribution in [2.24, 2.45) is 5.92 Å². The minimum absolute atomic E-state index is 0.300. The zero-order valence-electron chi connectivity index (χ0n) is 16.3. The first kappa shape index (κ1) is 18.7. The van der Waals surface area contributed by atoms with Crippen molar-refractivity contribution in [1.82, 2.24) is 4.90 Å². The van der Waals surface area contributed by atoms with Gasteiger partial charge in [0.2, 0.25) is 0 Å². The second-order valence-corrected chi connectivity index (χ2v) is 14.5. The van der Waals surface area contributed by atoms with E-state index in [1.54, 1.807) is 0 Å². The van der Waals surface area contributed by atoms with Crippen LogP contribution in [0, 0.1) is 5.92 Å². The average Bonchev–Trinajstić information content (AvgIpc) is 2.50. The highest BCUT2D eigenvalue weighted by Crippen LogP contribution is 2.27. The molecule has 0 radical (unpaired) electrons. The molecule has 1 aromatic rings. The maximum absolute atomic E-state index is 2.71. The molecule has 1 fully saturated rings. The van der Waals surface area contributed by atoms with E-state index in [0.29, 0.717) is 5.41 Å². The van der Waals surface area contributed by atoms with Gasteiger partial charge in [-0.3, -0.25) is 0 Å². The zero-order valence-corrected chi connectivity index (χ0v) is 17.3. The molecular formula is C21H37NSi. The first-order valence-electron chi connectivity index (χ1n) is 9.54. The largest absolute Gasteiger partial charge is 0.304 e. The van der Waals surface area contributed by atoms with Gasteiger partial charge in [-0.2, -0.15) is 0 Å². The molecule has 2 rings (SSSR count). The van der Waals surface area contributed by atoms with Crippen LogP contribution in [-0.2, 0) is 11.8 Å². The number of hydrogen-bond donors (Lipinski definition) is 0. The van der Waals surface area contributed by atoms with Gasteiger partial charge in [0.25, 0.3) is 0 Å². The predicted octanol–water partition coefficient (Wildman–Crippen LogP) is 5.58. The monoisotopic (exact) mass is 331 g/mol. The van der Waals surface area contributed by atoms with E-state index in [4.69, 9.17) is 0 Å². The van der Waals surface area contributed by atoms with Crippen LogP contribution in [0.5, 0.6) is 0 Å². The molecule has 0 bridgehead atoms. The summed E-state index contributed by atoms with van der Waals surface area (Å²) in [5.41, 5.74) is 3.27. The molecule has 0 saturated carbocycles. The Morgan fingerprint density at radius 3 is 2.17 bits per heavy atom. The zero-order chi connectivity index (χ0) is 17.1. The number of benzene rings is 1. The van der Waals surface area contributed by atoms with Crippen molar-refractivity contribution < 1.29 is 0 Å². The lowest BCUT2D eigenvalue weighted by atomic mass is 9.82. The van der Waals surface area contributed by atoms with Gasteiger partial charge in [0.15, 0.2) is 0 Å². The van der Waals surface area contributed by atoms with Crippen LogP contribution in [0.25, 0.3) is 0 Å². The fourth-order valence-electron chi connectivity index (χ4n) is 3.54. The molecule has 23 heavy (non-hydrogen) atoms. The smallest absolute Gasteiger partial charge is 0.0498 e. The summed E-state index contributed by atoms with van der Waals surface area (Å²) < 4.78 is 0. The van der Waals surface area contributed by atoms with Crippen molar-refractivity contribution in [3.63, 3.8) is 0 Å². The third-order valence-corrected chi connectivity index (χ3v) is 9.14. The Hall–Kier alpha value is -0.603. The standard InChI is InChI=1S/C21H37NSi/c1-7-21(3,4)20-10-8-19(9-11-20)16-18(2)17-22-12-14-23(5,6)15-13-22/h8-11,18H,7,12-17H2,1-6H3. The van der Waals surface area contributed by atoms with Crippen molar-refractivity contribution >= 4 is 8.07 Å². The van der Waals surface area contributed by atoms with E-state index >= 15 is 0 Å². The summed E-state index contributed by atoms with van der Waals surface area (Å²) in [7, 11) is -0.827. The molecule has 2 heteroatoms. The van der Waals surface area contributed by atoms with Crippen molar-refractivity contribution in [3.05, 3.63) is 35.4 Å². The van der Waals surface area contributed by atoms with E-state index < -0.39 is 8.07 Å². The first-order chi connectivity index (χ1) is 10.7. The molecule has 1 atom stereocenters. The third-order valence-electron chi connectivity index (χ3n) is 5.98. The molecule has 0 aromatic heterocycles. The minimum atomic E-state index is -0.827. The molecule has 0 aliphatic carbocycles. The minimum Gasteiger partial charge on any atom is -0.304 e. The normalized spacial score (nSPS) is 20.4. The summed E-state index contributed by atoms with van der Waals surface area (Å²) in [6.45, 7) is 18.4. The van der Waals surface area contributed by atoms with Gasteiger partial charge >= 0.3 is 0 Å².